The van der Waals surface area contributed by atoms with Crippen molar-refractivity contribution < 1.29 is 9.53 Å². The van der Waals surface area contributed by atoms with E-state index in [-0.39, 0.29) is 5.91 Å². The van der Waals surface area contributed by atoms with Crippen LogP contribution >= 0.6 is 0 Å². The number of hydrogen-bond donors (Lipinski definition) is 0. The summed E-state index contributed by atoms with van der Waals surface area (Å²) in [6.07, 6.45) is 0.976. The van der Waals surface area contributed by atoms with Crippen LogP contribution < -0.4 is 4.74 Å². The molecule has 20 heavy (non-hydrogen) atoms. The fourth-order valence-electron chi connectivity index (χ4n) is 2.38. The average Bonchev–Trinajstić information content (AvgIpc) is 2.61. The van der Waals surface area contributed by atoms with E-state index in [0.29, 0.717) is 24.4 Å². The van der Waals surface area contributed by atoms with Crippen LogP contribution in [0.4, 0.5) is 0 Å². The normalized spacial score (nSPS) is 16.6. The van der Waals surface area contributed by atoms with Crippen molar-refractivity contribution in [3.05, 3.63) is 29.3 Å². The maximum absolute atomic E-state index is 11.9. The smallest absolute Gasteiger partial charge is 0.236 e. The molecule has 0 radical (unpaired) electrons. The van der Waals surface area contributed by atoms with Crippen LogP contribution in [-0.2, 0) is 11.3 Å². The Morgan fingerprint density at radius 3 is 2.90 bits per heavy atom. The summed E-state index contributed by atoms with van der Waals surface area (Å²) in [5, 5.41) is 9.10. The van der Waals surface area contributed by atoms with Gasteiger partial charge in [0.25, 0.3) is 0 Å². The fourth-order valence-corrected chi connectivity index (χ4v) is 2.38. The molecule has 106 valence electrons. The summed E-state index contributed by atoms with van der Waals surface area (Å²) in [6, 6.07) is 7.71. The Morgan fingerprint density at radius 1 is 1.40 bits per heavy atom. The summed E-state index contributed by atoms with van der Waals surface area (Å²) in [4.78, 5) is 15.7. The molecule has 1 aromatic carbocycles. The molecule has 0 atom stereocenters. The zero-order valence-electron chi connectivity index (χ0n) is 11.9. The SMILES string of the molecule is COc1ccc(CN2CCCN(C)C(=O)C2)cc1C#N. The van der Waals surface area contributed by atoms with Gasteiger partial charge in [-0.1, -0.05) is 6.07 Å². The molecule has 5 nitrogen and oxygen atoms in total. The fraction of sp³-hybridized carbons (Fsp3) is 0.467. The Hall–Kier alpha value is -2.06. The van der Waals surface area contributed by atoms with Gasteiger partial charge in [0.1, 0.15) is 11.8 Å². The molecule has 0 spiro atoms. The molecule has 1 amide bonds. The molecule has 2 rings (SSSR count). The molecule has 1 saturated heterocycles. The van der Waals surface area contributed by atoms with Gasteiger partial charge in [-0.05, 0) is 24.1 Å². The molecule has 1 fully saturated rings. The van der Waals surface area contributed by atoms with Crippen LogP contribution in [0.1, 0.15) is 17.5 Å². The highest BCUT2D eigenvalue weighted by atomic mass is 16.5. The monoisotopic (exact) mass is 273 g/mol. The first-order valence-electron chi connectivity index (χ1n) is 6.67. The molecular weight excluding hydrogens is 254 g/mol. The first kappa shape index (κ1) is 14.4. The molecule has 1 aliphatic rings. The molecule has 0 N–H and O–H groups in total. The zero-order valence-corrected chi connectivity index (χ0v) is 11.9. The van der Waals surface area contributed by atoms with E-state index in [4.69, 9.17) is 10.00 Å². The summed E-state index contributed by atoms with van der Waals surface area (Å²) in [6.45, 7) is 2.81. The highest BCUT2D eigenvalue weighted by molar-refractivity contribution is 5.78. The van der Waals surface area contributed by atoms with Gasteiger partial charge in [0, 0.05) is 26.7 Å². The van der Waals surface area contributed by atoms with E-state index in [1.54, 1.807) is 18.1 Å². The summed E-state index contributed by atoms with van der Waals surface area (Å²) in [7, 11) is 3.39. The molecule has 5 heteroatoms. The third-order valence-corrected chi connectivity index (χ3v) is 3.54. The van der Waals surface area contributed by atoms with Gasteiger partial charge in [-0.25, -0.2) is 0 Å². The summed E-state index contributed by atoms with van der Waals surface area (Å²) >= 11 is 0. The number of nitrogens with zero attached hydrogens (tertiary/aromatic N) is 3. The standard InChI is InChI=1S/C15H19N3O2/c1-17-6-3-7-18(11-15(17)19)10-12-4-5-14(20-2)13(8-12)9-16/h4-5,8H,3,6-7,10-11H2,1-2H3. The van der Waals surface area contributed by atoms with E-state index in [0.717, 1.165) is 25.1 Å². The number of nitriles is 1. The Kier molecular flexibility index (Phi) is 4.59. The van der Waals surface area contributed by atoms with Crippen molar-refractivity contribution in [2.24, 2.45) is 0 Å². The lowest BCUT2D eigenvalue weighted by atomic mass is 10.1. The molecule has 0 unspecified atom stereocenters. The largest absolute Gasteiger partial charge is 0.495 e. The maximum Gasteiger partial charge on any atom is 0.236 e. The molecule has 0 aromatic heterocycles. The van der Waals surface area contributed by atoms with Gasteiger partial charge in [0.2, 0.25) is 5.91 Å². The van der Waals surface area contributed by atoms with Gasteiger partial charge in [-0.2, -0.15) is 5.26 Å². The number of likely N-dealkylation sites (N-methyl/N-ethyl adjacent to an activating group) is 1. The van der Waals surface area contributed by atoms with Crippen molar-refractivity contribution in [2.45, 2.75) is 13.0 Å². The van der Waals surface area contributed by atoms with Crippen molar-refractivity contribution in [1.82, 2.24) is 9.80 Å². The molecule has 1 aliphatic heterocycles. The molecule has 1 heterocycles. The predicted octanol–water partition coefficient (Wildman–Crippen LogP) is 1.23. The second-order valence-electron chi connectivity index (χ2n) is 5.03. The maximum atomic E-state index is 11.9. The lowest BCUT2D eigenvalue weighted by Crippen LogP contribution is -2.34. The second kappa shape index (κ2) is 6.40. The van der Waals surface area contributed by atoms with Crippen molar-refractivity contribution in [1.29, 1.82) is 5.26 Å². The van der Waals surface area contributed by atoms with Gasteiger partial charge >= 0.3 is 0 Å². The Labute approximate surface area is 119 Å². The molecule has 1 aromatic rings. The van der Waals surface area contributed by atoms with E-state index in [1.807, 2.05) is 19.2 Å². The number of amides is 1. The molecular formula is C15H19N3O2. The van der Waals surface area contributed by atoms with Gasteiger partial charge in [0.15, 0.2) is 0 Å². The predicted molar refractivity (Wildman–Crippen MR) is 75.2 cm³/mol. The Bertz CT molecular complexity index is 536. The van der Waals surface area contributed by atoms with Crippen molar-refractivity contribution in [3.63, 3.8) is 0 Å². The van der Waals surface area contributed by atoms with Crippen LogP contribution in [0.15, 0.2) is 18.2 Å². The highest BCUT2D eigenvalue weighted by Gasteiger charge is 2.19. The molecule has 0 saturated carbocycles. The number of carbonyl (C=O) groups is 1. The van der Waals surface area contributed by atoms with Gasteiger partial charge in [-0.15, -0.1) is 0 Å². The number of carbonyl (C=O) groups excluding carboxylic acids is 1. The van der Waals surface area contributed by atoms with Gasteiger partial charge in [-0.3, -0.25) is 9.69 Å². The van der Waals surface area contributed by atoms with Crippen LogP contribution in [0, 0.1) is 11.3 Å². The summed E-state index contributed by atoms with van der Waals surface area (Å²) < 4.78 is 5.14. The van der Waals surface area contributed by atoms with Crippen LogP contribution in [0.3, 0.4) is 0 Å². The Balaban J connectivity index is 2.10. The van der Waals surface area contributed by atoms with E-state index in [9.17, 15) is 4.79 Å². The number of methoxy groups -OCH3 is 1. The van der Waals surface area contributed by atoms with E-state index in [1.165, 1.54) is 0 Å². The van der Waals surface area contributed by atoms with Crippen LogP contribution in [0.25, 0.3) is 0 Å². The summed E-state index contributed by atoms with van der Waals surface area (Å²) in [5.74, 6) is 0.736. The topological polar surface area (TPSA) is 56.6 Å². The minimum atomic E-state index is 0.150. The minimum Gasteiger partial charge on any atom is -0.495 e. The second-order valence-corrected chi connectivity index (χ2v) is 5.03. The lowest BCUT2D eigenvalue weighted by Gasteiger charge is -2.19. The summed E-state index contributed by atoms with van der Waals surface area (Å²) in [5.41, 5.74) is 1.56. The first-order chi connectivity index (χ1) is 9.63. The van der Waals surface area contributed by atoms with E-state index < -0.39 is 0 Å². The quantitative estimate of drug-likeness (QED) is 0.831. The average molecular weight is 273 g/mol. The number of hydrogen-bond acceptors (Lipinski definition) is 4. The van der Waals surface area contributed by atoms with Crippen LogP contribution in [0.2, 0.25) is 0 Å². The van der Waals surface area contributed by atoms with E-state index in [2.05, 4.69) is 11.0 Å². The Morgan fingerprint density at radius 2 is 2.20 bits per heavy atom. The van der Waals surface area contributed by atoms with E-state index >= 15 is 0 Å². The number of benzene rings is 1. The highest BCUT2D eigenvalue weighted by Crippen LogP contribution is 2.20. The minimum absolute atomic E-state index is 0.150. The number of ether oxygens (including phenoxy) is 1. The van der Waals surface area contributed by atoms with Gasteiger partial charge < -0.3 is 9.64 Å². The van der Waals surface area contributed by atoms with Crippen molar-refractivity contribution in [3.8, 4) is 11.8 Å². The van der Waals surface area contributed by atoms with Crippen molar-refractivity contribution >= 4 is 5.91 Å². The van der Waals surface area contributed by atoms with Crippen molar-refractivity contribution in [2.75, 3.05) is 33.8 Å². The zero-order chi connectivity index (χ0) is 14.5. The molecule has 0 bridgehead atoms. The van der Waals surface area contributed by atoms with Crippen LogP contribution in [-0.4, -0.2) is 49.5 Å². The third-order valence-electron chi connectivity index (χ3n) is 3.54. The lowest BCUT2D eigenvalue weighted by molar-refractivity contribution is -0.129. The number of rotatable bonds is 3. The third kappa shape index (κ3) is 3.28. The van der Waals surface area contributed by atoms with Gasteiger partial charge in [0.05, 0.1) is 19.2 Å². The molecule has 0 aliphatic carbocycles. The first-order valence-corrected chi connectivity index (χ1v) is 6.67. The van der Waals surface area contributed by atoms with Crippen LogP contribution in [0.5, 0.6) is 5.75 Å².